The van der Waals surface area contributed by atoms with Crippen LogP contribution >= 0.6 is 0 Å². The normalized spacial score (nSPS) is 11.1. The SMILES string of the molecule is CCC(C)(C)c1ccc(OCCNc2cccc(OCc3ccccc3)c2)cc1. The van der Waals surface area contributed by atoms with Gasteiger partial charge in [-0.1, -0.05) is 69.3 Å². The van der Waals surface area contributed by atoms with Crippen molar-refractivity contribution in [1.82, 2.24) is 0 Å². The molecular formula is C26H31NO2. The molecule has 0 aliphatic rings. The third-order valence-corrected chi connectivity index (χ3v) is 5.30. The summed E-state index contributed by atoms with van der Waals surface area (Å²) in [5.74, 6) is 1.76. The lowest BCUT2D eigenvalue weighted by Crippen LogP contribution is -2.15. The number of ether oxygens (including phenoxy) is 2. The minimum atomic E-state index is 0.202. The molecule has 0 saturated heterocycles. The van der Waals surface area contributed by atoms with Gasteiger partial charge in [0.05, 0.1) is 0 Å². The Hall–Kier alpha value is -2.94. The molecule has 3 aromatic carbocycles. The van der Waals surface area contributed by atoms with E-state index in [0.717, 1.165) is 35.7 Å². The Morgan fingerprint density at radius 3 is 2.28 bits per heavy atom. The van der Waals surface area contributed by atoms with Crippen LogP contribution in [-0.2, 0) is 12.0 Å². The molecule has 1 N–H and O–H groups in total. The summed E-state index contributed by atoms with van der Waals surface area (Å²) < 4.78 is 11.8. The predicted octanol–water partition coefficient (Wildman–Crippen LogP) is 6.44. The third kappa shape index (κ3) is 6.28. The summed E-state index contributed by atoms with van der Waals surface area (Å²) in [6.45, 7) is 8.65. The molecule has 0 unspecified atom stereocenters. The van der Waals surface area contributed by atoms with Gasteiger partial charge in [-0.15, -0.1) is 0 Å². The van der Waals surface area contributed by atoms with Gasteiger partial charge in [-0.05, 0) is 47.2 Å². The summed E-state index contributed by atoms with van der Waals surface area (Å²) in [5.41, 5.74) is 3.73. The highest BCUT2D eigenvalue weighted by Gasteiger charge is 2.17. The van der Waals surface area contributed by atoms with E-state index in [-0.39, 0.29) is 5.41 Å². The first kappa shape index (κ1) is 20.8. The molecule has 3 aromatic rings. The highest BCUT2D eigenvalue weighted by Crippen LogP contribution is 2.28. The van der Waals surface area contributed by atoms with E-state index in [1.165, 1.54) is 5.56 Å². The highest BCUT2D eigenvalue weighted by molar-refractivity contribution is 5.48. The lowest BCUT2D eigenvalue weighted by Gasteiger charge is -2.23. The van der Waals surface area contributed by atoms with Crippen molar-refractivity contribution in [2.75, 3.05) is 18.5 Å². The van der Waals surface area contributed by atoms with E-state index in [1.807, 2.05) is 42.5 Å². The van der Waals surface area contributed by atoms with Crippen molar-refractivity contribution >= 4 is 5.69 Å². The van der Waals surface area contributed by atoms with Crippen molar-refractivity contribution in [3.8, 4) is 11.5 Å². The van der Waals surface area contributed by atoms with Gasteiger partial charge in [0.25, 0.3) is 0 Å². The van der Waals surface area contributed by atoms with E-state index in [1.54, 1.807) is 0 Å². The highest BCUT2D eigenvalue weighted by atomic mass is 16.5. The molecule has 0 fully saturated rings. The Labute approximate surface area is 174 Å². The fraction of sp³-hybridized carbons (Fsp3) is 0.308. The molecule has 3 nitrogen and oxygen atoms in total. The molecular weight excluding hydrogens is 358 g/mol. The average Bonchev–Trinajstić information content (AvgIpc) is 2.77. The Kier molecular flexibility index (Phi) is 7.18. The van der Waals surface area contributed by atoms with Crippen molar-refractivity contribution in [2.24, 2.45) is 0 Å². The van der Waals surface area contributed by atoms with Crippen molar-refractivity contribution in [1.29, 1.82) is 0 Å². The maximum Gasteiger partial charge on any atom is 0.121 e. The molecule has 0 amide bonds. The quantitative estimate of drug-likeness (QED) is 0.405. The average molecular weight is 390 g/mol. The minimum Gasteiger partial charge on any atom is -0.492 e. The predicted molar refractivity (Wildman–Crippen MR) is 121 cm³/mol. The standard InChI is InChI=1S/C26H31NO2/c1-4-26(2,3)22-13-15-24(16-14-22)28-18-17-27-23-11-8-12-25(19-23)29-20-21-9-6-5-7-10-21/h5-16,19,27H,4,17-18,20H2,1-3H3. The summed E-state index contributed by atoms with van der Waals surface area (Å²) in [5, 5.41) is 3.39. The number of anilines is 1. The molecule has 3 heteroatoms. The maximum absolute atomic E-state index is 5.88. The molecule has 0 aliphatic heterocycles. The van der Waals surface area contributed by atoms with Gasteiger partial charge < -0.3 is 14.8 Å². The first-order chi connectivity index (χ1) is 14.1. The van der Waals surface area contributed by atoms with Gasteiger partial charge in [0.15, 0.2) is 0 Å². The van der Waals surface area contributed by atoms with Gasteiger partial charge in [-0.3, -0.25) is 0 Å². The second-order valence-electron chi connectivity index (χ2n) is 7.84. The summed E-state index contributed by atoms with van der Waals surface area (Å²) in [4.78, 5) is 0. The molecule has 3 rings (SSSR count). The molecule has 0 heterocycles. The lowest BCUT2D eigenvalue weighted by atomic mass is 9.82. The number of benzene rings is 3. The Morgan fingerprint density at radius 1 is 0.793 bits per heavy atom. The van der Waals surface area contributed by atoms with Crippen molar-refractivity contribution in [3.05, 3.63) is 90.0 Å². The fourth-order valence-electron chi connectivity index (χ4n) is 3.01. The number of nitrogens with one attached hydrogen (secondary N) is 1. The first-order valence-corrected chi connectivity index (χ1v) is 10.3. The molecule has 0 aromatic heterocycles. The lowest BCUT2D eigenvalue weighted by molar-refractivity contribution is 0.306. The minimum absolute atomic E-state index is 0.202. The summed E-state index contributed by atoms with van der Waals surface area (Å²) in [7, 11) is 0. The second-order valence-corrected chi connectivity index (χ2v) is 7.84. The first-order valence-electron chi connectivity index (χ1n) is 10.3. The van der Waals surface area contributed by atoms with Crippen LogP contribution in [0.4, 0.5) is 5.69 Å². The Bertz CT molecular complexity index is 873. The number of rotatable bonds is 10. The van der Waals surface area contributed by atoms with Gasteiger partial charge in [0, 0.05) is 18.3 Å². The number of hydrogen-bond donors (Lipinski definition) is 1. The van der Waals surface area contributed by atoms with Crippen LogP contribution in [0, 0.1) is 0 Å². The summed E-state index contributed by atoms with van der Waals surface area (Å²) in [6, 6.07) is 26.7. The van der Waals surface area contributed by atoms with E-state index in [0.29, 0.717) is 13.2 Å². The molecule has 152 valence electrons. The van der Waals surface area contributed by atoms with Crippen LogP contribution in [0.15, 0.2) is 78.9 Å². The van der Waals surface area contributed by atoms with Crippen LogP contribution in [0.5, 0.6) is 11.5 Å². The molecule has 0 radical (unpaired) electrons. The maximum atomic E-state index is 5.88. The van der Waals surface area contributed by atoms with Crippen LogP contribution in [0.3, 0.4) is 0 Å². The van der Waals surface area contributed by atoms with E-state index >= 15 is 0 Å². The van der Waals surface area contributed by atoms with Crippen LogP contribution in [0.2, 0.25) is 0 Å². The monoisotopic (exact) mass is 389 g/mol. The van der Waals surface area contributed by atoms with E-state index in [2.05, 4.69) is 62.5 Å². The largest absolute Gasteiger partial charge is 0.492 e. The number of hydrogen-bond acceptors (Lipinski definition) is 3. The third-order valence-electron chi connectivity index (χ3n) is 5.30. The van der Waals surface area contributed by atoms with Crippen LogP contribution in [0.25, 0.3) is 0 Å². The van der Waals surface area contributed by atoms with E-state index in [4.69, 9.17) is 9.47 Å². The topological polar surface area (TPSA) is 30.5 Å². The van der Waals surface area contributed by atoms with Crippen LogP contribution in [-0.4, -0.2) is 13.2 Å². The molecule has 29 heavy (non-hydrogen) atoms. The van der Waals surface area contributed by atoms with Gasteiger partial charge in [0.1, 0.15) is 24.7 Å². The zero-order chi connectivity index (χ0) is 20.5. The Morgan fingerprint density at radius 2 is 1.55 bits per heavy atom. The van der Waals surface area contributed by atoms with Crippen molar-refractivity contribution in [2.45, 2.75) is 39.2 Å². The molecule has 0 saturated carbocycles. The zero-order valence-corrected chi connectivity index (χ0v) is 17.7. The van der Waals surface area contributed by atoms with E-state index < -0.39 is 0 Å². The van der Waals surface area contributed by atoms with Crippen LogP contribution < -0.4 is 14.8 Å². The zero-order valence-electron chi connectivity index (χ0n) is 17.7. The molecule has 0 spiro atoms. The van der Waals surface area contributed by atoms with Gasteiger partial charge in [-0.2, -0.15) is 0 Å². The van der Waals surface area contributed by atoms with Crippen molar-refractivity contribution in [3.63, 3.8) is 0 Å². The van der Waals surface area contributed by atoms with Gasteiger partial charge >= 0.3 is 0 Å². The Balaban J connectivity index is 1.43. The molecule has 0 atom stereocenters. The van der Waals surface area contributed by atoms with Gasteiger partial charge in [0.2, 0.25) is 0 Å². The molecule has 0 aliphatic carbocycles. The second kappa shape index (κ2) is 10.0. The van der Waals surface area contributed by atoms with Crippen molar-refractivity contribution < 1.29 is 9.47 Å². The molecule has 0 bridgehead atoms. The fourth-order valence-corrected chi connectivity index (χ4v) is 3.01. The van der Waals surface area contributed by atoms with Gasteiger partial charge in [-0.25, -0.2) is 0 Å². The summed E-state index contributed by atoms with van der Waals surface area (Å²) in [6.07, 6.45) is 1.12. The van der Waals surface area contributed by atoms with E-state index in [9.17, 15) is 0 Å². The van der Waals surface area contributed by atoms with Crippen LogP contribution in [0.1, 0.15) is 38.3 Å². The smallest absolute Gasteiger partial charge is 0.121 e. The summed E-state index contributed by atoms with van der Waals surface area (Å²) >= 11 is 0.